The van der Waals surface area contributed by atoms with Crippen LogP contribution in [-0.4, -0.2) is 36.2 Å². The highest BCUT2D eigenvalue weighted by molar-refractivity contribution is 7.11. The maximum atomic E-state index is 5.91. The van der Waals surface area contributed by atoms with Crippen LogP contribution in [0.15, 0.2) is 36.5 Å². The lowest BCUT2D eigenvalue weighted by Crippen LogP contribution is -2.33. The minimum atomic E-state index is 0.278. The van der Waals surface area contributed by atoms with Gasteiger partial charge in [-0.3, -0.25) is 4.90 Å². The molecule has 2 aromatic rings. The zero-order valence-corrected chi connectivity index (χ0v) is 16.5. The number of thiazole rings is 1. The van der Waals surface area contributed by atoms with E-state index in [-0.39, 0.29) is 5.41 Å². The zero-order valence-electron chi connectivity index (χ0n) is 15.7. The first kappa shape index (κ1) is 18.6. The van der Waals surface area contributed by atoms with Crippen molar-refractivity contribution in [3.05, 3.63) is 52.0 Å². The van der Waals surface area contributed by atoms with Crippen molar-refractivity contribution in [2.45, 2.75) is 46.1 Å². The highest BCUT2D eigenvalue weighted by Crippen LogP contribution is 2.40. The van der Waals surface area contributed by atoms with E-state index >= 15 is 0 Å². The fourth-order valence-electron chi connectivity index (χ4n) is 3.82. The molecule has 1 aromatic carbocycles. The van der Waals surface area contributed by atoms with Gasteiger partial charge in [-0.05, 0) is 52.1 Å². The van der Waals surface area contributed by atoms with E-state index in [2.05, 4.69) is 67.2 Å². The summed E-state index contributed by atoms with van der Waals surface area (Å²) >= 11 is 1.83. The predicted octanol–water partition coefficient (Wildman–Crippen LogP) is 4.87. The molecule has 1 aliphatic rings. The summed E-state index contributed by atoms with van der Waals surface area (Å²) in [5, 5.41) is 1.16. The van der Waals surface area contributed by atoms with Crippen LogP contribution >= 0.6 is 11.3 Å². The predicted molar refractivity (Wildman–Crippen MR) is 105 cm³/mol. The first-order chi connectivity index (χ1) is 12.1. The van der Waals surface area contributed by atoms with Gasteiger partial charge in [0.15, 0.2) is 0 Å². The first-order valence-corrected chi connectivity index (χ1v) is 10.2. The molecule has 3 rings (SSSR count). The molecule has 25 heavy (non-hydrogen) atoms. The molecule has 0 bridgehead atoms. The van der Waals surface area contributed by atoms with Crippen LogP contribution in [0.5, 0.6) is 0 Å². The van der Waals surface area contributed by atoms with Gasteiger partial charge in [0.1, 0.15) is 0 Å². The Morgan fingerprint density at radius 2 is 2.12 bits per heavy atom. The largest absolute Gasteiger partial charge is 0.381 e. The molecular weight excluding hydrogens is 328 g/mol. The zero-order chi connectivity index (χ0) is 17.7. The van der Waals surface area contributed by atoms with E-state index in [0.29, 0.717) is 6.04 Å². The molecule has 0 N–H and O–H groups in total. The molecule has 0 aliphatic carbocycles. The van der Waals surface area contributed by atoms with Gasteiger partial charge >= 0.3 is 0 Å². The van der Waals surface area contributed by atoms with E-state index in [0.717, 1.165) is 37.7 Å². The van der Waals surface area contributed by atoms with E-state index < -0.39 is 0 Å². The maximum Gasteiger partial charge on any atom is 0.0897 e. The van der Waals surface area contributed by atoms with E-state index in [1.165, 1.54) is 23.3 Å². The van der Waals surface area contributed by atoms with Crippen molar-refractivity contribution in [3.63, 3.8) is 0 Å². The molecule has 1 aromatic heterocycles. The molecule has 0 radical (unpaired) electrons. The van der Waals surface area contributed by atoms with Crippen LogP contribution in [0.4, 0.5) is 0 Å². The molecule has 2 heterocycles. The fourth-order valence-corrected chi connectivity index (χ4v) is 4.69. The third-order valence-corrected chi connectivity index (χ3v) is 6.55. The Kier molecular flexibility index (Phi) is 6.26. The molecule has 0 saturated carbocycles. The molecule has 3 nitrogen and oxygen atoms in total. The summed E-state index contributed by atoms with van der Waals surface area (Å²) in [5.41, 5.74) is 1.71. The lowest BCUT2D eigenvalue weighted by molar-refractivity contribution is 0.0467. The van der Waals surface area contributed by atoms with Crippen LogP contribution in [0, 0.1) is 12.3 Å². The standard InChI is InChI=1S/C21H30N2OS/c1-4-24-16-21(11-10-19-8-6-5-7-9-19)12-13-23(15-21)17(2)20-14-22-18(3)25-20/h5-9,14,17H,4,10-13,15-16H2,1-3H3. The number of nitrogens with zero attached hydrogens (tertiary/aromatic N) is 2. The quantitative estimate of drug-likeness (QED) is 0.673. The second-order valence-corrected chi connectivity index (χ2v) is 8.57. The molecule has 2 unspecified atom stereocenters. The number of hydrogen-bond acceptors (Lipinski definition) is 4. The summed E-state index contributed by atoms with van der Waals surface area (Å²) in [7, 11) is 0. The Bertz CT molecular complexity index is 657. The van der Waals surface area contributed by atoms with Crippen molar-refractivity contribution in [3.8, 4) is 0 Å². The van der Waals surface area contributed by atoms with Gasteiger partial charge in [-0.2, -0.15) is 0 Å². The summed E-state index contributed by atoms with van der Waals surface area (Å²) < 4.78 is 5.91. The maximum absolute atomic E-state index is 5.91. The van der Waals surface area contributed by atoms with Gasteiger partial charge in [-0.15, -0.1) is 11.3 Å². The minimum Gasteiger partial charge on any atom is -0.381 e. The van der Waals surface area contributed by atoms with Crippen LogP contribution < -0.4 is 0 Å². The van der Waals surface area contributed by atoms with Crippen molar-refractivity contribution in [2.75, 3.05) is 26.3 Å². The molecule has 1 saturated heterocycles. The topological polar surface area (TPSA) is 25.4 Å². The SMILES string of the molecule is CCOCC1(CCc2ccccc2)CCN(C(C)c2cnc(C)s2)C1. The first-order valence-electron chi connectivity index (χ1n) is 9.40. The molecule has 0 amide bonds. The van der Waals surface area contributed by atoms with Gasteiger partial charge in [-0.25, -0.2) is 4.98 Å². The van der Waals surface area contributed by atoms with Gasteiger partial charge < -0.3 is 4.74 Å². The van der Waals surface area contributed by atoms with Crippen molar-refractivity contribution in [1.82, 2.24) is 9.88 Å². The number of benzene rings is 1. The second-order valence-electron chi connectivity index (χ2n) is 7.30. The molecule has 2 atom stereocenters. The summed E-state index contributed by atoms with van der Waals surface area (Å²) in [6, 6.07) is 11.3. The van der Waals surface area contributed by atoms with Crippen molar-refractivity contribution in [2.24, 2.45) is 5.41 Å². The highest BCUT2D eigenvalue weighted by Gasteiger charge is 2.40. The number of rotatable bonds is 8. The lowest BCUT2D eigenvalue weighted by Gasteiger charge is -2.31. The molecule has 4 heteroatoms. The lowest BCUT2D eigenvalue weighted by atomic mass is 9.82. The fraction of sp³-hybridized carbons (Fsp3) is 0.571. The Morgan fingerprint density at radius 1 is 1.32 bits per heavy atom. The van der Waals surface area contributed by atoms with E-state index in [9.17, 15) is 0 Å². The Balaban J connectivity index is 1.66. The summed E-state index contributed by atoms with van der Waals surface area (Å²) in [5.74, 6) is 0. The average Bonchev–Trinajstić information content (AvgIpc) is 3.26. The summed E-state index contributed by atoms with van der Waals surface area (Å²) in [4.78, 5) is 8.44. The van der Waals surface area contributed by atoms with E-state index in [1.807, 2.05) is 11.3 Å². The molecule has 1 aliphatic heterocycles. The van der Waals surface area contributed by atoms with Gasteiger partial charge in [0.2, 0.25) is 0 Å². The molecule has 0 spiro atoms. The molecule has 1 fully saturated rings. The van der Waals surface area contributed by atoms with Gasteiger partial charge in [0.25, 0.3) is 0 Å². The summed E-state index contributed by atoms with van der Waals surface area (Å²) in [6.45, 7) is 10.5. The number of aryl methyl sites for hydroxylation is 2. The number of hydrogen-bond donors (Lipinski definition) is 0. The van der Waals surface area contributed by atoms with Crippen LogP contribution in [0.2, 0.25) is 0 Å². The van der Waals surface area contributed by atoms with Crippen LogP contribution in [-0.2, 0) is 11.2 Å². The second kappa shape index (κ2) is 8.43. The van der Waals surface area contributed by atoms with Crippen LogP contribution in [0.3, 0.4) is 0 Å². The average molecular weight is 359 g/mol. The highest BCUT2D eigenvalue weighted by atomic mass is 32.1. The van der Waals surface area contributed by atoms with E-state index in [4.69, 9.17) is 4.74 Å². The number of likely N-dealkylation sites (tertiary alicyclic amines) is 1. The Labute approximate surface area is 156 Å². The molecule has 136 valence electrons. The summed E-state index contributed by atoms with van der Waals surface area (Å²) in [6.07, 6.45) is 5.61. The number of aromatic nitrogens is 1. The van der Waals surface area contributed by atoms with Crippen molar-refractivity contribution >= 4 is 11.3 Å². The number of ether oxygens (including phenoxy) is 1. The smallest absolute Gasteiger partial charge is 0.0897 e. The third kappa shape index (κ3) is 4.69. The monoisotopic (exact) mass is 358 g/mol. The van der Waals surface area contributed by atoms with Crippen molar-refractivity contribution in [1.29, 1.82) is 0 Å². The van der Waals surface area contributed by atoms with Crippen molar-refractivity contribution < 1.29 is 4.74 Å². The van der Waals surface area contributed by atoms with Crippen LogP contribution in [0.25, 0.3) is 0 Å². The Hall–Kier alpha value is -1.23. The Morgan fingerprint density at radius 3 is 2.80 bits per heavy atom. The van der Waals surface area contributed by atoms with Gasteiger partial charge in [0.05, 0.1) is 11.6 Å². The molecular formula is C21H30N2OS. The third-order valence-electron chi connectivity index (χ3n) is 5.47. The normalized spacial score (nSPS) is 22.4. The minimum absolute atomic E-state index is 0.278. The van der Waals surface area contributed by atoms with Gasteiger partial charge in [0, 0.05) is 35.7 Å². The van der Waals surface area contributed by atoms with E-state index in [1.54, 1.807) is 0 Å². The van der Waals surface area contributed by atoms with Gasteiger partial charge in [-0.1, -0.05) is 30.3 Å². The van der Waals surface area contributed by atoms with Crippen LogP contribution in [0.1, 0.15) is 48.2 Å².